The number of esters is 1. The van der Waals surface area contributed by atoms with Crippen molar-refractivity contribution in [1.29, 1.82) is 0 Å². The number of hydrogen-bond donors (Lipinski definition) is 0. The molecule has 0 amide bonds. The second-order valence-corrected chi connectivity index (χ2v) is 3.55. The van der Waals surface area contributed by atoms with Crippen LogP contribution in [0.25, 0.3) is 0 Å². The first-order chi connectivity index (χ1) is 8.17. The fourth-order valence-electron chi connectivity index (χ4n) is 1.20. The van der Waals surface area contributed by atoms with E-state index in [1.807, 2.05) is 6.92 Å². The molecule has 0 bridgehead atoms. The lowest BCUT2D eigenvalue weighted by Crippen LogP contribution is -2.08. The molecule has 0 unspecified atom stereocenters. The Labute approximate surface area is 99.8 Å². The standard InChI is InChI=1S/C12H16FNO3/c1-3-4-5-17-9-6-10(13)11(14-8-9)7-12(15)16-2/h6,8H,3-5,7H2,1-2H3. The van der Waals surface area contributed by atoms with Gasteiger partial charge in [-0.05, 0) is 6.42 Å². The maximum Gasteiger partial charge on any atom is 0.311 e. The fraction of sp³-hybridized carbons (Fsp3) is 0.500. The summed E-state index contributed by atoms with van der Waals surface area (Å²) in [5.41, 5.74) is 0.0692. The molecule has 0 saturated heterocycles. The van der Waals surface area contributed by atoms with E-state index in [1.54, 1.807) is 0 Å². The number of pyridine rings is 1. The van der Waals surface area contributed by atoms with Gasteiger partial charge in [-0.2, -0.15) is 0 Å². The number of hydrogen-bond acceptors (Lipinski definition) is 4. The van der Waals surface area contributed by atoms with Gasteiger partial charge in [-0.25, -0.2) is 4.39 Å². The van der Waals surface area contributed by atoms with Gasteiger partial charge in [-0.3, -0.25) is 9.78 Å². The third-order valence-corrected chi connectivity index (χ3v) is 2.20. The van der Waals surface area contributed by atoms with Gasteiger partial charge >= 0.3 is 5.97 Å². The Morgan fingerprint density at radius 2 is 2.29 bits per heavy atom. The van der Waals surface area contributed by atoms with E-state index in [9.17, 15) is 9.18 Å². The summed E-state index contributed by atoms with van der Waals surface area (Å²) in [5, 5.41) is 0. The number of nitrogens with zero attached hydrogens (tertiary/aromatic N) is 1. The highest BCUT2D eigenvalue weighted by atomic mass is 19.1. The topological polar surface area (TPSA) is 48.4 Å². The molecule has 0 aliphatic heterocycles. The van der Waals surface area contributed by atoms with Gasteiger partial charge in [0.15, 0.2) is 0 Å². The molecule has 1 aromatic heterocycles. The molecule has 1 heterocycles. The smallest absolute Gasteiger partial charge is 0.311 e. The predicted octanol–water partition coefficient (Wildman–Crippen LogP) is 2.12. The fourth-order valence-corrected chi connectivity index (χ4v) is 1.20. The number of carbonyl (C=O) groups is 1. The molecule has 0 radical (unpaired) electrons. The number of halogens is 1. The third kappa shape index (κ3) is 4.38. The highest BCUT2D eigenvalue weighted by Gasteiger charge is 2.11. The van der Waals surface area contributed by atoms with Crippen LogP contribution in [-0.4, -0.2) is 24.7 Å². The van der Waals surface area contributed by atoms with Gasteiger partial charge < -0.3 is 9.47 Å². The largest absolute Gasteiger partial charge is 0.492 e. The molecule has 0 saturated carbocycles. The summed E-state index contributed by atoms with van der Waals surface area (Å²) in [5.74, 6) is -0.690. The zero-order valence-electron chi connectivity index (χ0n) is 10.0. The molecular weight excluding hydrogens is 225 g/mol. The molecule has 0 atom stereocenters. The minimum absolute atomic E-state index is 0.0692. The molecule has 0 spiro atoms. The zero-order valence-corrected chi connectivity index (χ0v) is 10.0. The molecule has 0 aliphatic carbocycles. The molecule has 0 N–H and O–H groups in total. The van der Waals surface area contributed by atoms with Crippen LogP contribution in [0.15, 0.2) is 12.3 Å². The summed E-state index contributed by atoms with van der Waals surface area (Å²) in [4.78, 5) is 14.8. The molecular formula is C12H16FNO3. The van der Waals surface area contributed by atoms with E-state index in [1.165, 1.54) is 19.4 Å². The molecule has 0 aromatic carbocycles. The minimum Gasteiger partial charge on any atom is -0.492 e. The quantitative estimate of drug-likeness (QED) is 0.565. The summed E-state index contributed by atoms with van der Waals surface area (Å²) in [6.45, 7) is 2.58. The number of carbonyl (C=O) groups excluding carboxylic acids is 1. The predicted molar refractivity (Wildman–Crippen MR) is 60.3 cm³/mol. The first-order valence-corrected chi connectivity index (χ1v) is 5.51. The van der Waals surface area contributed by atoms with Crippen LogP contribution in [-0.2, 0) is 16.0 Å². The maximum atomic E-state index is 13.5. The van der Waals surface area contributed by atoms with Crippen LogP contribution in [0.4, 0.5) is 4.39 Å². The molecule has 94 valence electrons. The number of aromatic nitrogens is 1. The van der Waals surface area contributed by atoms with Gasteiger partial charge in [0.2, 0.25) is 0 Å². The molecule has 4 nitrogen and oxygen atoms in total. The van der Waals surface area contributed by atoms with Gasteiger partial charge in [0.05, 0.1) is 32.0 Å². The minimum atomic E-state index is -0.551. The Balaban J connectivity index is 2.62. The van der Waals surface area contributed by atoms with Crippen molar-refractivity contribution in [3.05, 3.63) is 23.8 Å². The SMILES string of the molecule is CCCCOc1cnc(CC(=O)OC)c(F)c1. The molecule has 5 heteroatoms. The summed E-state index contributed by atoms with van der Waals surface area (Å²) < 4.78 is 23.2. The maximum absolute atomic E-state index is 13.5. The van der Waals surface area contributed by atoms with Crippen molar-refractivity contribution >= 4 is 5.97 Å². The van der Waals surface area contributed by atoms with Crippen LogP contribution < -0.4 is 4.74 Å². The van der Waals surface area contributed by atoms with Crippen LogP contribution in [0, 0.1) is 5.82 Å². The van der Waals surface area contributed by atoms with Crippen molar-refractivity contribution in [2.75, 3.05) is 13.7 Å². The van der Waals surface area contributed by atoms with Gasteiger partial charge in [-0.15, -0.1) is 0 Å². The van der Waals surface area contributed by atoms with E-state index in [0.717, 1.165) is 12.8 Å². The van der Waals surface area contributed by atoms with E-state index in [2.05, 4.69) is 9.72 Å². The lowest BCUT2D eigenvalue weighted by atomic mass is 10.2. The number of unbranched alkanes of at least 4 members (excludes halogenated alkanes) is 1. The van der Waals surface area contributed by atoms with Crippen LogP contribution in [0.5, 0.6) is 5.75 Å². The summed E-state index contributed by atoms with van der Waals surface area (Å²) in [6, 6.07) is 1.24. The molecule has 1 rings (SSSR count). The molecule has 0 aliphatic rings. The average molecular weight is 241 g/mol. The first kappa shape index (κ1) is 13.4. The van der Waals surface area contributed by atoms with E-state index in [4.69, 9.17) is 4.74 Å². The second-order valence-electron chi connectivity index (χ2n) is 3.55. The molecule has 1 aromatic rings. The molecule has 0 fully saturated rings. The number of rotatable bonds is 6. The van der Waals surface area contributed by atoms with E-state index < -0.39 is 11.8 Å². The zero-order chi connectivity index (χ0) is 12.7. The van der Waals surface area contributed by atoms with Gasteiger partial charge in [0.25, 0.3) is 0 Å². The Morgan fingerprint density at radius 3 is 2.88 bits per heavy atom. The van der Waals surface area contributed by atoms with E-state index >= 15 is 0 Å². The normalized spacial score (nSPS) is 10.1. The molecule has 17 heavy (non-hydrogen) atoms. The van der Waals surface area contributed by atoms with Gasteiger partial charge in [0, 0.05) is 6.07 Å². The van der Waals surface area contributed by atoms with Crippen molar-refractivity contribution in [3.8, 4) is 5.75 Å². The number of methoxy groups -OCH3 is 1. The van der Waals surface area contributed by atoms with Crippen molar-refractivity contribution in [2.45, 2.75) is 26.2 Å². The Kier molecular flexibility index (Phi) is 5.39. The summed E-state index contributed by atoms with van der Waals surface area (Å²) in [6.07, 6.45) is 3.16. The van der Waals surface area contributed by atoms with Gasteiger partial charge in [0.1, 0.15) is 11.6 Å². The van der Waals surface area contributed by atoms with Crippen molar-refractivity contribution < 1.29 is 18.7 Å². The second kappa shape index (κ2) is 6.83. The Morgan fingerprint density at radius 1 is 1.53 bits per heavy atom. The average Bonchev–Trinajstić information content (AvgIpc) is 2.32. The van der Waals surface area contributed by atoms with Crippen LogP contribution >= 0.6 is 0 Å². The first-order valence-electron chi connectivity index (χ1n) is 5.51. The van der Waals surface area contributed by atoms with Crippen molar-refractivity contribution in [1.82, 2.24) is 4.98 Å². The monoisotopic (exact) mass is 241 g/mol. The van der Waals surface area contributed by atoms with Crippen LogP contribution in [0.3, 0.4) is 0 Å². The number of ether oxygens (including phenoxy) is 2. The lowest BCUT2D eigenvalue weighted by Gasteiger charge is -2.06. The summed E-state index contributed by atoms with van der Waals surface area (Å²) in [7, 11) is 1.25. The van der Waals surface area contributed by atoms with E-state index in [-0.39, 0.29) is 12.1 Å². The summed E-state index contributed by atoms with van der Waals surface area (Å²) >= 11 is 0. The third-order valence-electron chi connectivity index (χ3n) is 2.20. The highest BCUT2D eigenvalue weighted by molar-refractivity contribution is 5.71. The Hall–Kier alpha value is -1.65. The van der Waals surface area contributed by atoms with Crippen molar-refractivity contribution in [2.24, 2.45) is 0 Å². The highest BCUT2D eigenvalue weighted by Crippen LogP contribution is 2.14. The van der Waals surface area contributed by atoms with Crippen LogP contribution in [0.1, 0.15) is 25.5 Å². The van der Waals surface area contributed by atoms with Crippen LogP contribution in [0.2, 0.25) is 0 Å². The van der Waals surface area contributed by atoms with Crippen molar-refractivity contribution in [3.63, 3.8) is 0 Å². The van der Waals surface area contributed by atoms with E-state index in [0.29, 0.717) is 12.4 Å². The Bertz CT molecular complexity index is 382. The van der Waals surface area contributed by atoms with Gasteiger partial charge in [-0.1, -0.05) is 13.3 Å². The lowest BCUT2D eigenvalue weighted by molar-refractivity contribution is -0.139.